The normalized spacial score (nSPS) is 10.6. The van der Waals surface area contributed by atoms with Crippen LogP contribution in [0.4, 0.5) is 0 Å². The highest BCUT2D eigenvalue weighted by molar-refractivity contribution is 7.17. The summed E-state index contributed by atoms with van der Waals surface area (Å²) in [5.41, 5.74) is 1.85. The van der Waals surface area contributed by atoms with Crippen molar-refractivity contribution in [2.45, 2.75) is 6.42 Å². The van der Waals surface area contributed by atoms with Crippen LogP contribution in [-0.2, 0) is 0 Å². The molecule has 0 fully saturated rings. The molecule has 8 heteroatoms. The molecule has 0 aliphatic heterocycles. The summed E-state index contributed by atoms with van der Waals surface area (Å²) >= 11 is 1.28. The Kier molecular flexibility index (Phi) is 6.62. The van der Waals surface area contributed by atoms with E-state index in [1.54, 1.807) is 24.5 Å². The van der Waals surface area contributed by atoms with Gasteiger partial charge < -0.3 is 20.2 Å². The molecule has 0 bridgehead atoms. The summed E-state index contributed by atoms with van der Waals surface area (Å²) in [6, 6.07) is 19.3. The van der Waals surface area contributed by atoms with Gasteiger partial charge in [-0.1, -0.05) is 36.4 Å². The molecule has 162 valence electrons. The van der Waals surface area contributed by atoms with Crippen molar-refractivity contribution in [1.82, 2.24) is 15.6 Å². The van der Waals surface area contributed by atoms with Gasteiger partial charge in [0.2, 0.25) is 0 Å². The predicted molar refractivity (Wildman–Crippen MR) is 123 cm³/mol. The third-order valence-electron chi connectivity index (χ3n) is 4.65. The van der Waals surface area contributed by atoms with Crippen LogP contribution in [0.3, 0.4) is 0 Å². The van der Waals surface area contributed by atoms with Crippen LogP contribution >= 0.6 is 11.3 Å². The molecule has 4 rings (SSSR count). The van der Waals surface area contributed by atoms with Gasteiger partial charge in [0.25, 0.3) is 11.8 Å². The standard InChI is InChI=1S/C24H21N3O4S/c28-18-10-4-9-17(15-18)22(29)25-12-6-13-26-23(30)21-20(16-7-2-1-3-8-16)27-24(32-21)19-11-5-14-31-19/h1-5,7-11,14-15,28H,6,12-13H2,(H,25,29)(H,26,30). The third kappa shape index (κ3) is 5.04. The van der Waals surface area contributed by atoms with Gasteiger partial charge in [0.05, 0.1) is 12.0 Å². The van der Waals surface area contributed by atoms with E-state index in [-0.39, 0.29) is 17.6 Å². The number of thiazole rings is 1. The number of rotatable bonds is 8. The van der Waals surface area contributed by atoms with Crippen LogP contribution in [0.1, 0.15) is 26.5 Å². The number of hydrogen-bond acceptors (Lipinski definition) is 6. The van der Waals surface area contributed by atoms with Crippen LogP contribution in [0, 0.1) is 0 Å². The maximum atomic E-state index is 12.9. The third-order valence-corrected chi connectivity index (χ3v) is 5.71. The van der Waals surface area contributed by atoms with E-state index in [0.717, 1.165) is 5.56 Å². The number of hydrogen-bond donors (Lipinski definition) is 3. The topological polar surface area (TPSA) is 104 Å². The van der Waals surface area contributed by atoms with E-state index in [4.69, 9.17) is 4.42 Å². The molecule has 2 heterocycles. The summed E-state index contributed by atoms with van der Waals surface area (Å²) in [5.74, 6) is 0.154. The molecular formula is C24H21N3O4S. The fourth-order valence-corrected chi connectivity index (χ4v) is 4.07. The molecule has 0 aliphatic carbocycles. The van der Waals surface area contributed by atoms with E-state index in [1.807, 2.05) is 36.4 Å². The first-order valence-corrected chi connectivity index (χ1v) is 10.9. The lowest BCUT2D eigenvalue weighted by molar-refractivity contribution is 0.0952. The summed E-state index contributed by atoms with van der Waals surface area (Å²) < 4.78 is 5.44. The fourth-order valence-electron chi connectivity index (χ4n) is 3.09. The van der Waals surface area contributed by atoms with Gasteiger partial charge in [0.1, 0.15) is 10.6 Å². The highest BCUT2D eigenvalue weighted by atomic mass is 32.1. The number of aromatic hydroxyl groups is 1. The highest BCUT2D eigenvalue weighted by Crippen LogP contribution is 2.34. The number of carbonyl (C=O) groups is 2. The molecule has 7 nitrogen and oxygen atoms in total. The molecule has 2 amide bonds. The SMILES string of the molecule is O=C(NCCCNC(=O)c1sc(-c2ccco2)nc1-c1ccccc1)c1cccc(O)c1. The highest BCUT2D eigenvalue weighted by Gasteiger charge is 2.21. The van der Waals surface area contributed by atoms with Crippen molar-refractivity contribution in [2.75, 3.05) is 13.1 Å². The van der Waals surface area contributed by atoms with Crippen molar-refractivity contribution >= 4 is 23.2 Å². The molecule has 2 aromatic heterocycles. The van der Waals surface area contributed by atoms with Gasteiger partial charge in [-0.3, -0.25) is 9.59 Å². The van der Waals surface area contributed by atoms with Crippen molar-refractivity contribution in [3.05, 3.63) is 83.4 Å². The van der Waals surface area contributed by atoms with E-state index in [2.05, 4.69) is 15.6 Å². The summed E-state index contributed by atoms with van der Waals surface area (Å²) in [7, 11) is 0. The number of carbonyl (C=O) groups excluding carboxylic acids is 2. The number of nitrogens with zero attached hydrogens (tertiary/aromatic N) is 1. The Labute approximate surface area is 188 Å². The lowest BCUT2D eigenvalue weighted by atomic mass is 10.1. The predicted octanol–water partition coefficient (Wildman–Crippen LogP) is 4.33. The molecule has 0 saturated heterocycles. The molecule has 0 aliphatic rings. The zero-order valence-electron chi connectivity index (χ0n) is 17.1. The van der Waals surface area contributed by atoms with Crippen molar-refractivity contribution in [1.29, 1.82) is 0 Å². The number of benzene rings is 2. The minimum atomic E-state index is -0.274. The largest absolute Gasteiger partial charge is 0.508 e. The summed E-state index contributed by atoms with van der Waals surface area (Å²) in [5, 5.41) is 15.8. The minimum absolute atomic E-state index is 0.0395. The van der Waals surface area contributed by atoms with E-state index < -0.39 is 0 Å². The van der Waals surface area contributed by atoms with E-state index in [1.165, 1.54) is 23.5 Å². The Morgan fingerprint density at radius 3 is 2.44 bits per heavy atom. The second kappa shape index (κ2) is 9.93. The Morgan fingerprint density at radius 2 is 1.72 bits per heavy atom. The number of aromatic nitrogens is 1. The van der Waals surface area contributed by atoms with E-state index in [9.17, 15) is 14.7 Å². The average molecular weight is 448 g/mol. The van der Waals surface area contributed by atoms with Crippen LogP contribution in [0.15, 0.2) is 77.4 Å². The van der Waals surface area contributed by atoms with Crippen LogP contribution < -0.4 is 10.6 Å². The van der Waals surface area contributed by atoms with Crippen molar-refractivity contribution < 1.29 is 19.1 Å². The molecular weight excluding hydrogens is 426 g/mol. The summed E-state index contributed by atoms with van der Waals surface area (Å²) in [4.78, 5) is 30.1. The minimum Gasteiger partial charge on any atom is -0.508 e. The van der Waals surface area contributed by atoms with Crippen LogP contribution in [0.2, 0.25) is 0 Å². The van der Waals surface area contributed by atoms with Crippen LogP contribution in [0.25, 0.3) is 22.0 Å². The molecule has 0 radical (unpaired) electrons. The van der Waals surface area contributed by atoms with Gasteiger partial charge >= 0.3 is 0 Å². The smallest absolute Gasteiger partial charge is 0.263 e. The molecule has 32 heavy (non-hydrogen) atoms. The van der Waals surface area contributed by atoms with Gasteiger partial charge in [0, 0.05) is 24.2 Å². The molecule has 3 N–H and O–H groups in total. The second-order valence-electron chi connectivity index (χ2n) is 6.96. The first-order valence-electron chi connectivity index (χ1n) is 10.1. The van der Waals surface area contributed by atoms with Crippen LogP contribution in [-0.4, -0.2) is 35.0 Å². The Bertz CT molecular complexity index is 1200. The monoisotopic (exact) mass is 447 g/mol. The number of amides is 2. The number of furan rings is 1. The lowest BCUT2D eigenvalue weighted by Crippen LogP contribution is -2.29. The second-order valence-corrected chi connectivity index (χ2v) is 7.95. The van der Waals surface area contributed by atoms with Crippen molar-refractivity contribution in [2.24, 2.45) is 0 Å². The molecule has 4 aromatic rings. The average Bonchev–Trinajstić information content (AvgIpc) is 3.49. The van der Waals surface area contributed by atoms with Gasteiger partial charge in [-0.2, -0.15) is 0 Å². The Morgan fingerprint density at radius 1 is 0.938 bits per heavy atom. The molecule has 0 saturated carbocycles. The van der Waals surface area contributed by atoms with E-state index >= 15 is 0 Å². The quantitative estimate of drug-likeness (QED) is 0.349. The van der Waals surface area contributed by atoms with Gasteiger partial charge in [-0.25, -0.2) is 4.98 Å². The lowest BCUT2D eigenvalue weighted by Gasteiger charge is -2.07. The zero-order chi connectivity index (χ0) is 22.3. The maximum absolute atomic E-state index is 12.9. The number of nitrogens with one attached hydrogen (secondary N) is 2. The first-order chi connectivity index (χ1) is 15.6. The fraction of sp³-hybridized carbons (Fsp3) is 0.125. The zero-order valence-corrected chi connectivity index (χ0v) is 17.9. The van der Waals surface area contributed by atoms with Gasteiger partial charge in [0.15, 0.2) is 10.8 Å². The van der Waals surface area contributed by atoms with Gasteiger partial charge in [-0.15, -0.1) is 11.3 Å². The molecule has 0 unspecified atom stereocenters. The van der Waals surface area contributed by atoms with Crippen LogP contribution in [0.5, 0.6) is 5.75 Å². The summed E-state index contributed by atoms with van der Waals surface area (Å²) in [6.07, 6.45) is 2.13. The molecule has 0 atom stereocenters. The maximum Gasteiger partial charge on any atom is 0.263 e. The van der Waals surface area contributed by atoms with Crippen molar-refractivity contribution in [3.8, 4) is 27.8 Å². The van der Waals surface area contributed by atoms with Gasteiger partial charge in [-0.05, 0) is 36.8 Å². The van der Waals surface area contributed by atoms with Crippen molar-refractivity contribution in [3.63, 3.8) is 0 Å². The van der Waals surface area contributed by atoms with E-state index in [0.29, 0.717) is 46.4 Å². The Balaban J connectivity index is 1.37. The Hall–Kier alpha value is -3.91. The molecule has 0 spiro atoms. The number of phenols is 1. The summed E-state index contributed by atoms with van der Waals surface area (Å²) in [6.45, 7) is 0.780. The molecule has 2 aromatic carbocycles. The first kappa shape index (κ1) is 21.3. The number of phenolic OH excluding ortho intramolecular Hbond substituents is 1.